The van der Waals surface area contributed by atoms with E-state index in [0.29, 0.717) is 6.04 Å². The van der Waals surface area contributed by atoms with E-state index in [9.17, 15) is 0 Å². The van der Waals surface area contributed by atoms with Crippen molar-refractivity contribution >= 4 is 0 Å². The maximum atomic E-state index is 5.44. The molecule has 2 heterocycles. The van der Waals surface area contributed by atoms with Crippen molar-refractivity contribution in [1.29, 1.82) is 0 Å². The lowest BCUT2D eigenvalue weighted by Gasteiger charge is -2.32. The minimum atomic E-state index is 0.714. The van der Waals surface area contributed by atoms with Gasteiger partial charge in [0.1, 0.15) is 0 Å². The van der Waals surface area contributed by atoms with Crippen LogP contribution in [0.4, 0.5) is 0 Å². The van der Waals surface area contributed by atoms with Crippen molar-refractivity contribution in [2.24, 2.45) is 0 Å². The van der Waals surface area contributed by atoms with Gasteiger partial charge in [-0.15, -0.1) is 0 Å². The molecule has 1 saturated heterocycles. The maximum Gasteiger partial charge on any atom is 0.0689 e. The number of nitrogens with one attached hydrogen (secondary N) is 1. The first-order valence-corrected chi connectivity index (χ1v) is 6.60. The molecule has 0 radical (unpaired) electrons. The van der Waals surface area contributed by atoms with Gasteiger partial charge in [0.15, 0.2) is 0 Å². The summed E-state index contributed by atoms with van der Waals surface area (Å²) < 4.78 is 5.44. The van der Waals surface area contributed by atoms with Gasteiger partial charge in [0, 0.05) is 12.6 Å². The average Bonchev–Trinajstić information content (AvgIpc) is 2.38. The fourth-order valence-electron chi connectivity index (χ4n) is 2.46. The Morgan fingerprint density at radius 3 is 2.88 bits per heavy atom. The van der Waals surface area contributed by atoms with Crippen LogP contribution in [0, 0.1) is 0 Å². The summed E-state index contributed by atoms with van der Waals surface area (Å²) >= 11 is 0. The third-order valence-electron chi connectivity index (χ3n) is 3.64. The van der Waals surface area contributed by atoms with Gasteiger partial charge in [0.05, 0.1) is 13.2 Å². The normalized spacial score (nSPS) is 24.4. The van der Waals surface area contributed by atoms with Crippen molar-refractivity contribution in [2.75, 3.05) is 39.4 Å². The summed E-state index contributed by atoms with van der Waals surface area (Å²) in [5, 5.41) is 3.66. The van der Waals surface area contributed by atoms with Gasteiger partial charge in [0.2, 0.25) is 0 Å². The predicted molar refractivity (Wildman–Crippen MR) is 66.7 cm³/mol. The van der Waals surface area contributed by atoms with Crippen LogP contribution < -0.4 is 5.32 Å². The molecule has 0 bridgehead atoms. The second-order valence-corrected chi connectivity index (χ2v) is 4.79. The molecule has 0 aromatic rings. The molecule has 2 rings (SSSR count). The van der Waals surface area contributed by atoms with E-state index < -0.39 is 0 Å². The number of hydrogen-bond acceptors (Lipinski definition) is 3. The van der Waals surface area contributed by atoms with Gasteiger partial charge in [-0.05, 0) is 44.5 Å². The molecule has 3 nitrogen and oxygen atoms in total. The number of ether oxygens (including phenoxy) is 1. The van der Waals surface area contributed by atoms with Crippen LogP contribution in [0.1, 0.15) is 26.2 Å². The van der Waals surface area contributed by atoms with Crippen molar-refractivity contribution in [2.45, 2.75) is 32.2 Å². The van der Waals surface area contributed by atoms with E-state index in [1.807, 2.05) is 0 Å². The molecule has 0 amide bonds. The first-order chi connectivity index (χ1) is 7.88. The topological polar surface area (TPSA) is 24.5 Å². The van der Waals surface area contributed by atoms with Gasteiger partial charge in [-0.3, -0.25) is 0 Å². The highest BCUT2D eigenvalue weighted by Crippen LogP contribution is 2.11. The van der Waals surface area contributed by atoms with Gasteiger partial charge < -0.3 is 15.0 Å². The van der Waals surface area contributed by atoms with Gasteiger partial charge in [-0.2, -0.15) is 0 Å². The average molecular weight is 224 g/mol. The highest BCUT2D eigenvalue weighted by Gasteiger charge is 2.17. The molecule has 2 aliphatic rings. The summed E-state index contributed by atoms with van der Waals surface area (Å²) in [4.78, 5) is 2.53. The largest absolute Gasteiger partial charge is 0.377 e. The first kappa shape index (κ1) is 12.1. The third kappa shape index (κ3) is 3.58. The number of piperidine rings is 1. The van der Waals surface area contributed by atoms with Gasteiger partial charge in [-0.1, -0.05) is 13.0 Å². The van der Waals surface area contributed by atoms with E-state index in [4.69, 9.17) is 4.74 Å². The summed E-state index contributed by atoms with van der Waals surface area (Å²) in [6.45, 7) is 8.72. The lowest BCUT2D eigenvalue weighted by atomic mass is 10.0. The second-order valence-electron chi connectivity index (χ2n) is 4.79. The standard InChI is InChI=1S/C13H24N2O/c1-2-15-7-5-13(6-8-15)14-10-12-4-3-9-16-11-12/h4,13-14H,2-3,5-11H2,1H3. The van der Waals surface area contributed by atoms with Crippen LogP contribution in [-0.4, -0.2) is 50.3 Å². The Balaban J connectivity index is 1.65. The molecule has 0 spiro atoms. The zero-order valence-electron chi connectivity index (χ0n) is 10.4. The Morgan fingerprint density at radius 2 is 2.25 bits per heavy atom. The Bertz CT molecular complexity index is 232. The van der Waals surface area contributed by atoms with Crippen molar-refractivity contribution < 1.29 is 4.74 Å². The van der Waals surface area contributed by atoms with Crippen molar-refractivity contribution in [1.82, 2.24) is 10.2 Å². The minimum absolute atomic E-state index is 0.714. The van der Waals surface area contributed by atoms with E-state index in [1.165, 1.54) is 38.0 Å². The van der Waals surface area contributed by atoms with Crippen LogP contribution in [0.3, 0.4) is 0 Å². The molecule has 1 N–H and O–H groups in total. The van der Waals surface area contributed by atoms with Crippen molar-refractivity contribution in [3.05, 3.63) is 11.6 Å². The zero-order valence-corrected chi connectivity index (χ0v) is 10.4. The molecule has 92 valence electrons. The molecule has 0 aromatic heterocycles. The molecule has 16 heavy (non-hydrogen) atoms. The molecule has 1 fully saturated rings. The van der Waals surface area contributed by atoms with E-state index in [-0.39, 0.29) is 0 Å². The Hall–Kier alpha value is -0.380. The van der Waals surface area contributed by atoms with Crippen LogP contribution in [0.2, 0.25) is 0 Å². The fourth-order valence-corrected chi connectivity index (χ4v) is 2.46. The molecule has 0 saturated carbocycles. The molecule has 0 atom stereocenters. The highest BCUT2D eigenvalue weighted by atomic mass is 16.5. The summed E-state index contributed by atoms with van der Waals surface area (Å²) in [5.74, 6) is 0. The molecule has 0 aromatic carbocycles. The predicted octanol–water partition coefficient (Wildman–Crippen LogP) is 1.41. The Labute approximate surface area is 98.8 Å². The molecule has 0 unspecified atom stereocenters. The Morgan fingerprint density at radius 1 is 1.44 bits per heavy atom. The van der Waals surface area contributed by atoms with E-state index in [0.717, 1.165) is 26.2 Å². The van der Waals surface area contributed by atoms with Gasteiger partial charge in [-0.25, -0.2) is 0 Å². The van der Waals surface area contributed by atoms with Crippen molar-refractivity contribution in [3.63, 3.8) is 0 Å². The summed E-state index contributed by atoms with van der Waals surface area (Å²) in [7, 11) is 0. The van der Waals surface area contributed by atoms with Crippen molar-refractivity contribution in [3.8, 4) is 0 Å². The Kier molecular flexibility index (Phi) is 4.82. The van der Waals surface area contributed by atoms with E-state index >= 15 is 0 Å². The summed E-state index contributed by atoms with van der Waals surface area (Å²) in [5.41, 5.74) is 1.43. The molecular formula is C13H24N2O. The smallest absolute Gasteiger partial charge is 0.0689 e. The lowest BCUT2D eigenvalue weighted by molar-refractivity contribution is 0.147. The fraction of sp³-hybridized carbons (Fsp3) is 0.846. The molecule has 2 aliphatic heterocycles. The van der Waals surface area contributed by atoms with E-state index in [2.05, 4.69) is 23.2 Å². The summed E-state index contributed by atoms with van der Waals surface area (Å²) in [6, 6.07) is 0.714. The quantitative estimate of drug-likeness (QED) is 0.731. The van der Waals surface area contributed by atoms with Gasteiger partial charge >= 0.3 is 0 Å². The van der Waals surface area contributed by atoms with Crippen LogP contribution in [0.15, 0.2) is 11.6 Å². The maximum absolute atomic E-state index is 5.44. The molecule has 0 aliphatic carbocycles. The van der Waals surface area contributed by atoms with Crippen LogP contribution >= 0.6 is 0 Å². The SMILES string of the molecule is CCN1CCC(NCC2=CCCOC2)CC1. The third-order valence-corrected chi connectivity index (χ3v) is 3.64. The summed E-state index contributed by atoms with van der Waals surface area (Å²) in [6.07, 6.45) is 6.01. The monoisotopic (exact) mass is 224 g/mol. The number of nitrogens with zero attached hydrogens (tertiary/aromatic N) is 1. The number of hydrogen-bond donors (Lipinski definition) is 1. The van der Waals surface area contributed by atoms with Crippen LogP contribution in [0.25, 0.3) is 0 Å². The molecular weight excluding hydrogens is 200 g/mol. The number of likely N-dealkylation sites (tertiary alicyclic amines) is 1. The van der Waals surface area contributed by atoms with Crippen LogP contribution in [0.5, 0.6) is 0 Å². The lowest BCUT2D eigenvalue weighted by Crippen LogP contribution is -2.43. The van der Waals surface area contributed by atoms with Crippen LogP contribution in [-0.2, 0) is 4.74 Å². The van der Waals surface area contributed by atoms with E-state index in [1.54, 1.807) is 0 Å². The number of rotatable bonds is 4. The second kappa shape index (κ2) is 6.38. The van der Waals surface area contributed by atoms with Gasteiger partial charge in [0.25, 0.3) is 0 Å². The zero-order chi connectivity index (χ0) is 11.2. The highest BCUT2D eigenvalue weighted by molar-refractivity contribution is 5.07. The minimum Gasteiger partial charge on any atom is -0.377 e. The first-order valence-electron chi connectivity index (χ1n) is 6.60. The molecule has 3 heteroatoms.